The first kappa shape index (κ1) is 13.2. The highest BCUT2D eigenvalue weighted by molar-refractivity contribution is 5.94. The minimum atomic E-state index is -0.0556. The molecule has 1 rings (SSSR count). The molecule has 0 spiro atoms. The first-order valence-corrected chi connectivity index (χ1v) is 5.68. The molecule has 1 N–H and O–H groups in total. The molecule has 4 nitrogen and oxygen atoms in total. The Morgan fingerprint density at radius 3 is 2.94 bits per heavy atom. The van der Waals surface area contributed by atoms with Crippen molar-refractivity contribution in [1.29, 1.82) is 0 Å². The SMILES string of the molecule is C/C=C/CCNC(=O)c1ccnc(N(C)C)c1. The van der Waals surface area contributed by atoms with Crippen molar-refractivity contribution in [2.45, 2.75) is 13.3 Å². The third kappa shape index (κ3) is 4.26. The summed E-state index contributed by atoms with van der Waals surface area (Å²) >= 11 is 0. The van der Waals surface area contributed by atoms with Crippen LogP contribution < -0.4 is 10.2 Å². The van der Waals surface area contributed by atoms with Crippen LogP contribution in [0.2, 0.25) is 0 Å². The van der Waals surface area contributed by atoms with Gasteiger partial charge in [-0.05, 0) is 25.5 Å². The average Bonchev–Trinajstić information content (AvgIpc) is 2.34. The van der Waals surface area contributed by atoms with Gasteiger partial charge in [0.05, 0.1) is 0 Å². The molecule has 0 atom stereocenters. The number of nitrogens with zero attached hydrogens (tertiary/aromatic N) is 2. The Bertz CT molecular complexity index is 399. The number of nitrogens with one attached hydrogen (secondary N) is 1. The highest BCUT2D eigenvalue weighted by Gasteiger charge is 2.06. The van der Waals surface area contributed by atoms with Crippen LogP contribution in [0.3, 0.4) is 0 Å². The van der Waals surface area contributed by atoms with E-state index in [-0.39, 0.29) is 5.91 Å². The second kappa shape index (κ2) is 6.68. The molecular formula is C13H19N3O. The van der Waals surface area contributed by atoms with Crippen LogP contribution in [-0.4, -0.2) is 31.5 Å². The van der Waals surface area contributed by atoms with Crippen molar-refractivity contribution in [3.63, 3.8) is 0 Å². The number of hydrogen-bond donors (Lipinski definition) is 1. The van der Waals surface area contributed by atoms with Gasteiger partial charge in [-0.2, -0.15) is 0 Å². The molecular weight excluding hydrogens is 214 g/mol. The van der Waals surface area contributed by atoms with Gasteiger partial charge in [-0.25, -0.2) is 4.98 Å². The number of allylic oxidation sites excluding steroid dienone is 1. The van der Waals surface area contributed by atoms with Crippen LogP contribution in [-0.2, 0) is 0 Å². The van der Waals surface area contributed by atoms with Crippen LogP contribution in [0.1, 0.15) is 23.7 Å². The summed E-state index contributed by atoms with van der Waals surface area (Å²) in [6.07, 6.45) is 6.50. The summed E-state index contributed by atoms with van der Waals surface area (Å²) in [5.74, 6) is 0.728. The summed E-state index contributed by atoms with van der Waals surface area (Å²) in [6, 6.07) is 3.50. The van der Waals surface area contributed by atoms with E-state index in [0.717, 1.165) is 12.2 Å². The largest absolute Gasteiger partial charge is 0.363 e. The zero-order valence-electron chi connectivity index (χ0n) is 10.6. The maximum Gasteiger partial charge on any atom is 0.251 e. The standard InChI is InChI=1S/C13H19N3O/c1-4-5-6-8-15-13(17)11-7-9-14-12(10-11)16(2)3/h4-5,7,9-10H,6,8H2,1-3H3,(H,15,17)/b5-4+. The maximum absolute atomic E-state index is 11.8. The van der Waals surface area contributed by atoms with Crippen LogP contribution >= 0.6 is 0 Å². The number of carbonyl (C=O) groups is 1. The van der Waals surface area contributed by atoms with Gasteiger partial charge in [-0.15, -0.1) is 0 Å². The summed E-state index contributed by atoms with van der Waals surface area (Å²) in [4.78, 5) is 17.8. The number of rotatable bonds is 5. The van der Waals surface area contributed by atoms with Crippen LogP contribution in [0.4, 0.5) is 5.82 Å². The minimum absolute atomic E-state index is 0.0556. The van der Waals surface area contributed by atoms with Crippen molar-refractivity contribution >= 4 is 11.7 Å². The monoisotopic (exact) mass is 233 g/mol. The lowest BCUT2D eigenvalue weighted by atomic mass is 10.2. The molecule has 0 aliphatic heterocycles. The van der Waals surface area contributed by atoms with Crippen molar-refractivity contribution in [2.75, 3.05) is 25.5 Å². The van der Waals surface area contributed by atoms with Crippen molar-refractivity contribution in [2.24, 2.45) is 0 Å². The highest BCUT2D eigenvalue weighted by atomic mass is 16.1. The third-order valence-electron chi connectivity index (χ3n) is 2.30. The minimum Gasteiger partial charge on any atom is -0.363 e. The fourth-order valence-electron chi connectivity index (χ4n) is 1.34. The number of pyridine rings is 1. The van der Waals surface area contributed by atoms with Gasteiger partial charge < -0.3 is 10.2 Å². The summed E-state index contributed by atoms with van der Waals surface area (Å²) in [5.41, 5.74) is 0.643. The number of carbonyl (C=O) groups excluding carboxylic acids is 1. The molecule has 0 saturated heterocycles. The summed E-state index contributed by atoms with van der Waals surface area (Å²) in [7, 11) is 3.80. The van der Waals surface area contributed by atoms with E-state index in [0.29, 0.717) is 12.1 Å². The van der Waals surface area contributed by atoms with E-state index in [1.54, 1.807) is 18.3 Å². The maximum atomic E-state index is 11.8. The molecule has 0 fully saturated rings. The fourth-order valence-corrected chi connectivity index (χ4v) is 1.34. The first-order chi connectivity index (χ1) is 8.15. The van der Waals surface area contributed by atoms with Gasteiger partial charge >= 0.3 is 0 Å². The molecule has 17 heavy (non-hydrogen) atoms. The second-order valence-corrected chi connectivity index (χ2v) is 3.91. The molecule has 0 saturated carbocycles. The fraction of sp³-hybridized carbons (Fsp3) is 0.385. The zero-order valence-corrected chi connectivity index (χ0v) is 10.6. The number of amides is 1. The van der Waals surface area contributed by atoms with Gasteiger partial charge in [-0.1, -0.05) is 12.2 Å². The molecule has 1 heterocycles. The van der Waals surface area contributed by atoms with E-state index in [2.05, 4.69) is 10.3 Å². The summed E-state index contributed by atoms with van der Waals surface area (Å²) < 4.78 is 0. The zero-order chi connectivity index (χ0) is 12.7. The van der Waals surface area contributed by atoms with E-state index in [1.165, 1.54) is 0 Å². The van der Waals surface area contributed by atoms with Crippen molar-refractivity contribution in [1.82, 2.24) is 10.3 Å². The van der Waals surface area contributed by atoms with Crippen LogP contribution in [0, 0.1) is 0 Å². The average molecular weight is 233 g/mol. The lowest BCUT2D eigenvalue weighted by Gasteiger charge is -2.11. The highest BCUT2D eigenvalue weighted by Crippen LogP contribution is 2.09. The number of anilines is 1. The van der Waals surface area contributed by atoms with Gasteiger partial charge in [0.2, 0.25) is 0 Å². The molecule has 4 heteroatoms. The lowest BCUT2D eigenvalue weighted by Crippen LogP contribution is -2.24. The number of hydrogen-bond acceptors (Lipinski definition) is 3. The van der Waals surface area contributed by atoms with Crippen LogP contribution in [0.15, 0.2) is 30.5 Å². The molecule has 0 aromatic carbocycles. The van der Waals surface area contributed by atoms with Gasteiger partial charge in [0.25, 0.3) is 5.91 Å². The molecule has 92 valence electrons. The van der Waals surface area contributed by atoms with Crippen LogP contribution in [0.25, 0.3) is 0 Å². The normalized spacial score (nSPS) is 10.5. The molecule has 0 aliphatic rings. The van der Waals surface area contributed by atoms with E-state index in [4.69, 9.17) is 0 Å². The molecule has 0 bridgehead atoms. The molecule has 0 aliphatic carbocycles. The summed E-state index contributed by atoms with van der Waals surface area (Å²) in [6.45, 7) is 2.62. The molecule has 1 aromatic heterocycles. The van der Waals surface area contributed by atoms with E-state index >= 15 is 0 Å². The van der Waals surface area contributed by atoms with Gasteiger partial charge in [0, 0.05) is 32.4 Å². The van der Waals surface area contributed by atoms with Crippen LogP contribution in [0.5, 0.6) is 0 Å². The van der Waals surface area contributed by atoms with E-state index in [9.17, 15) is 4.79 Å². The molecule has 1 aromatic rings. The topological polar surface area (TPSA) is 45.2 Å². The van der Waals surface area contributed by atoms with Gasteiger partial charge in [0.15, 0.2) is 0 Å². The Morgan fingerprint density at radius 2 is 2.29 bits per heavy atom. The third-order valence-corrected chi connectivity index (χ3v) is 2.30. The van der Waals surface area contributed by atoms with Crippen molar-refractivity contribution < 1.29 is 4.79 Å². The van der Waals surface area contributed by atoms with Crippen molar-refractivity contribution in [3.05, 3.63) is 36.0 Å². The van der Waals surface area contributed by atoms with Gasteiger partial charge in [-0.3, -0.25) is 4.79 Å². The Kier molecular flexibility index (Phi) is 5.20. The first-order valence-electron chi connectivity index (χ1n) is 5.68. The Balaban J connectivity index is 2.59. The molecule has 0 unspecified atom stereocenters. The van der Waals surface area contributed by atoms with Gasteiger partial charge in [0.1, 0.15) is 5.82 Å². The quantitative estimate of drug-likeness (QED) is 0.623. The Morgan fingerprint density at radius 1 is 1.53 bits per heavy atom. The predicted molar refractivity (Wildman–Crippen MR) is 70.3 cm³/mol. The predicted octanol–water partition coefficient (Wildman–Crippen LogP) is 1.84. The number of aromatic nitrogens is 1. The smallest absolute Gasteiger partial charge is 0.251 e. The van der Waals surface area contributed by atoms with E-state index in [1.807, 2.05) is 38.1 Å². The molecule has 0 radical (unpaired) electrons. The Labute approximate surface area is 102 Å². The Hall–Kier alpha value is -1.84. The van der Waals surface area contributed by atoms with Crippen molar-refractivity contribution in [3.8, 4) is 0 Å². The lowest BCUT2D eigenvalue weighted by molar-refractivity contribution is 0.0954. The summed E-state index contributed by atoms with van der Waals surface area (Å²) in [5, 5.41) is 2.86. The molecule has 1 amide bonds. The van der Waals surface area contributed by atoms with E-state index < -0.39 is 0 Å². The second-order valence-electron chi connectivity index (χ2n) is 3.91.